The minimum Gasteiger partial charge on any atom is -0.360 e. The third-order valence-electron chi connectivity index (χ3n) is 1.89. The number of carbonyl (C=O) groups is 1. The summed E-state index contributed by atoms with van der Waals surface area (Å²) in [7, 11) is 0. The first-order chi connectivity index (χ1) is 7.65. The summed E-state index contributed by atoms with van der Waals surface area (Å²) in [6, 6.07) is 4.12. The van der Waals surface area contributed by atoms with Crippen LogP contribution < -0.4 is 10.7 Å². The molecule has 0 fully saturated rings. The molecule has 0 unspecified atom stereocenters. The number of nitrogens with zero attached hydrogens (tertiary/aromatic N) is 1. The van der Waals surface area contributed by atoms with Crippen LogP contribution in [0.15, 0.2) is 33.7 Å². The van der Waals surface area contributed by atoms with Gasteiger partial charge in [-0.1, -0.05) is 5.16 Å². The summed E-state index contributed by atoms with van der Waals surface area (Å²) in [6.45, 7) is 1.72. The first kappa shape index (κ1) is 10.2. The Bertz CT molecular complexity index is 570. The minimum atomic E-state index is -0.439. The number of aromatic amines is 1. The second-order valence-corrected chi connectivity index (χ2v) is 3.21. The van der Waals surface area contributed by atoms with Crippen LogP contribution in [0.2, 0.25) is 0 Å². The summed E-state index contributed by atoms with van der Waals surface area (Å²) in [5.41, 5.74) is -0.0617. The predicted molar refractivity (Wildman–Crippen MR) is 56.3 cm³/mol. The van der Waals surface area contributed by atoms with Gasteiger partial charge in [0.15, 0.2) is 11.2 Å². The topological polar surface area (TPSA) is 88.0 Å². The Balaban J connectivity index is 2.17. The molecule has 0 aliphatic carbocycles. The van der Waals surface area contributed by atoms with Gasteiger partial charge in [0, 0.05) is 24.4 Å². The Morgan fingerprint density at radius 3 is 2.94 bits per heavy atom. The zero-order chi connectivity index (χ0) is 11.5. The molecule has 0 aliphatic heterocycles. The van der Waals surface area contributed by atoms with Crippen LogP contribution in [0.5, 0.6) is 0 Å². The van der Waals surface area contributed by atoms with Crippen molar-refractivity contribution in [1.29, 1.82) is 0 Å². The van der Waals surface area contributed by atoms with Crippen molar-refractivity contribution in [2.45, 2.75) is 6.92 Å². The number of pyridine rings is 1. The number of rotatable bonds is 2. The fraction of sp³-hybridized carbons (Fsp3) is 0.100. The maximum atomic E-state index is 11.6. The summed E-state index contributed by atoms with van der Waals surface area (Å²) in [5.74, 6) is 0.468. The van der Waals surface area contributed by atoms with Crippen LogP contribution in [0.3, 0.4) is 0 Å². The molecule has 2 heterocycles. The molecule has 0 aromatic carbocycles. The average Bonchev–Trinajstić information content (AvgIpc) is 2.64. The van der Waals surface area contributed by atoms with E-state index in [1.54, 1.807) is 13.0 Å². The van der Waals surface area contributed by atoms with Gasteiger partial charge < -0.3 is 14.8 Å². The van der Waals surface area contributed by atoms with Gasteiger partial charge in [0.05, 0.1) is 0 Å². The highest BCUT2D eigenvalue weighted by Crippen LogP contribution is 2.07. The summed E-state index contributed by atoms with van der Waals surface area (Å²) >= 11 is 0. The SMILES string of the molecule is Cc1cc(NC(=O)c2cc(=O)cc[nH]2)no1. The van der Waals surface area contributed by atoms with Crippen LogP contribution in [0.25, 0.3) is 0 Å². The monoisotopic (exact) mass is 219 g/mol. The number of amides is 1. The van der Waals surface area contributed by atoms with E-state index in [0.29, 0.717) is 11.6 Å². The second kappa shape index (κ2) is 4.01. The van der Waals surface area contributed by atoms with E-state index in [1.807, 2.05) is 0 Å². The van der Waals surface area contributed by atoms with E-state index >= 15 is 0 Å². The predicted octanol–water partition coefficient (Wildman–Crippen LogP) is 0.924. The van der Waals surface area contributed by atoms with Crippen LogP contribution >= 0.6 is 0 Å². The van der Waals surface area contributed by atoms with Crippen molar-refractivity contribution >= 4 is 11.7 Å². The lowest BCUT2D eigenvalue weighted by Gasteiger charge is -1.99. The molecule has 2 aromatic rings. The molecule has 2 rings (SSSR count). The standard InChI is InChI=1S/C10H9N3O3/c1-6-4-9(13-16-6)12-10(15)8-5-7(14)2-3-11-8/h2-5H,1H3,(H,11,14)(H,12,13,15). The molecule has 6 nitrogen and oxygen atoms in total. The first-order valence-electron chi connectivity index (χ1n) is 4.58. The van der Waals surface area contributed by atoms with E-state index in [0.717, 1.165) is 0 Å². The van der Waals surface area contributed by atoms with Gasteiger partial charge in [0.25, 0.3) is 5.91 Å². The Hall–Kier alpha value is -2.37. The molecule has 0 saturated heterocycles. The van der Waals surface area contributed by atoms with Crippen LogP contribution in [-0.4, -0.2) is 16.0 Å². The molecular formula is C10H9N3O3. The van der Waals surface area contributed by atoms with Crippen molar-refractivity contribution in [2.24, 2.45) is 0 Å². The Kier molecular flexibility index (Phi) is 2.55. The minimum absolute atomic E-state index is 0.174. The van der Waals surface area contributed by atoms with Gasteiger partial charge in [-0.3, -0.25) is 9.59 Å². The van der Waals surface area contributed by atoms with E-state index in [9.17, 15) is 9.59 Å². The molecule has 16 heavy (non-hydrogen) atoms. The Morgan fingerprint density at radius 2 is 2.31 bits per heavy atom. The van der Waals surface area contributed by atoms with Crippen LogP contribution in [-0.2, 0) is 0 Å². The van der Waals surface area contributed by atoms with Crippen molar-refractivity contribution in [3.63, 3.8) is 0 Å². The molecule has 2 N–H and O–H groups in total. The zero-order valence-electron chi connectivity index (χ0n) is 8.48. The van der Waals surface area contributed by atoms with Crippen LogP contribution in [0, 0.1) is 6.92 Å². The molecule has 6 heteroatoms. The number of aryl methyl sites for hydroxylation is 1. The first-order valence-corrected chi connectivity index (χ1v) is 4.58. The molecule has 0 atom stereocenters. The normalized spacial score (nSPS) is 10.1. The Morgan fingerprint density at radius 1 is 1.50 bits per heavy atom. The molecule has 2 aromatic heterocycles. The average molecular weight is 219 g/mol. The van der Waals surface area contributed by atoms with E-state index in [2.05, 4.69) is 15.5 Å². The smallest absolute Gasteiger partial charge is 0.273 e. The van der Waals surface area contributed by atoms with Gasteiger partial charge in [-0.2, -0.15) is 0 Å². The van der Waals surface area contributed by atoms with Gasteiger partial charge in [-0.15, -0.1) is 0 Å². The van der Waals surface area contributed by atoms with Crippen molar-refractivity contribution in [3.8, 4) is 0 Å². The molecule has 1 amide bonds. The van der Waals surface area contributed by atoms with Gasteiger partial charge in [-0.05, 0) is 6.92 Å². The quantitative estimate of drug-likeness (QED) is 0.786. The van der Waals surface area contributed by atoms with Gasteiger partial charge in [0.2, 0.25) is 0 Å². The van der Waals surface area contributed by atoms with E-state index in [1.165, 1.54) is 18.3 Å². The maximum Gasteiger partial charge on any atom is 0.273 e. The van der Waals surface area contributed by atoms with Crippen LogP contribution in [0.1, 0.15) is 16.2 Å². The number of hydrogen-bond donors (Lipinski definition) is 2. The highest BCUT2D eigenvalue weighted by molar-refractivity contribution is 6.02. The number of nitrogens with one attached hydrogen (secondary N) is 2. The van der Waals surface area contributed by atoms with Gasteiger partial charge in [0.1, 0.15) is 11.5 Å². The lowest BCUT2D eigenvalue weighted by molar-refractivity contribution is 0.102. The zero-order valence-corrected chi connectivity index (χ0v) is 8.48. The fourth-order valence-corrected chi connectivity index (χ4v) is 1.19. The summed E-state index contributed by atoms with van der Waals surface area (Å²) < 4.78 is 4.79. The number of aromatic nitrogens is 2. The highest BCUT2D eigenvalue weighted by atomic mass is 16.5. The molecule has 82 valence electrons. The van der Waals surface area contributed by atoms with Crippen molar-refractivity contribution < 1.29 is 9.32 Å². The molecule has 0 saturated carbocycles. The highest BCUT2D eigenvalue weighted by Gasteiger charge is 2.09. The number of anilines is 1. The number of carbonyl (C=O) groups excluding carboxylic acids is 1. The third kappa shape index (κ3) is 2.17. The number of H-pyrrole nitrogens is 1. The Labute approximate surface area is 90.3 Å². The second-order valence-electron chi connectivity index (χ2n) is 3.21. The van der Waals surface area contributed by atoms with E-state index < -0.39 is 5.91 Å². The van der Waals surface area contributed by atoms with Crippen LogP contribution in [0.4, 0.5) is 5.82 Å². The maximum absolute atomic E-state index is 11.6. The molecule has 0 bridgehead atoms. The van der Waals surface area contributed by atoms with E-state index in [4.69, 9.17) is 4.52 Å². The lowest BCUT2D eigenvalue weighted by atomic mass is 10.3. The molecule has 0 aliphatic rings. The lowest BCUT2D eigenvalue weighted by Crippen LogP contribution is -2.16. The van der Waals surface area contributed by atoms with Crippen molar-refractivity contribution in [1.82, 2.24) is 10.1 Å². The summed E-state index contributed by atoms with van der Waals surface area (Å²) in [5, 5.41) is 6.10. The third-order valence-corrected chi connectivity index (χ3v) is 1.89. The summed E-state index contributed by atoms with van der Waals surface area (Å²) in [6.07, 6.45) is 1.41. The largest absolute Gasteiger partial charge is 0.360 e. The van der Waals surface area contributed by atoms with Crippen molar-refractivity contribution in [2.75, 3.05) is 5.32 Å². The van der Waals surface area contributed by atoms with Gasteiger partial charge >= 0.3 is 0 Å². The number of hydrogen-bond acceptors (Lipinski definition) is 4. The molecule has 0 radical (unpaired) electrons. The molecule has 0 spiro atoms. The molecular weight excluding hydrogens is 210 g/mol. The van der Waals surface area contributed by atoms with E-state index in [-0.39, 0.29) is 11.1 Å². The van der Waals surface area contributed by atoms with Crippen molar-refractivity contribution in [3.05, 3.63) is 46.1 Å². The fourth-order valence-electron chi connectivity index (χ4n) is 1.19. The van der Waals surface area contributed by atoms with Gasteiger partial charge in [-0.25, -0.2) is 0 Å². The summed E-state index contributed by atoms with van der Waals surface area (Å²) in [4.78, 5) is 25.3.